The molecule has 0 fully saturated rings. The van der Waals surface area contributed by atoms with E-state index in [-0.39, 0.29) is 0 Å². The third kappa shape index (κ3) is 5.73. The Morgan fingerprint density at radius 3 is 1.57 bits per heavy atom. The molecule has 0 aliphatic carbocycles. The van der Waals surface area contributed by atoms with Gasteiger partial charge in [-0.2, -0.15) is 10.5 Å². The molecule has 0 saturated heterocycles. The van der Waals surface area contributed by atoms with Crippen LogP contribution in [0.1, 0.15) is 28.7 Å². The van der Waals surface area contributed by atoms with Crippen molar-refractivity contribution in [2.24, 2.45) is 0 Å². The first-order chi connectivity index (χ1) is 11.3. The minimum atomic E-state index is 0.325. The van der Waals surface area contributed by atoms with E-state index < -0.39 is 0 Å². The Labute approximate surface area is 136 Å². The van der Waals surface area contributed by atoms with Crippen LogP contribution in [-0.2, 0) is 35.5 Å². The van der Waals surface area contributed by atoms with E-state index in [2.05, 4.69) is 24.3 Å². The zero-order chi connectivity index (χ0) is 16.3. The molecule has 2 aromatic rings. The summed E-state index contributed by atoms with van der Waals surface area (Å²) in [7, 11) is 0. The van der Waals surface area contributed by atoms with Crippen molar-refractivity contribution in [3.63, 3.8) is 0 Å². The summed E-state index contributed by atoms with van der Waals surface area (Å²) in [5.74, 6) is 0. The molecule has 2 aromatic carbocycles. The predicted molar refractivity (Wildman–Crippen MR) is 85.7 cm³/mol. The largest absolute Gasteiger partial charge is 0.423 e. The van der Waals surface area contributed by atoms with E-state index in [1.807, 2.05) is 24.3 Å². The maximum Gasteiger partial charge on any atom is 0.286 e. The summed E-state index contributed by atoms with van der Waals surface area (Å²) < 4.78 is 9.53. The Balaban J connectivity index is 1.85. The number of rotatable bonds is 8. The zero-order valence-electron chi connectivity index (χ0n) is 12.9. The summed E-state index contributed by atoms with van der Waals surface area (Å²) in [5, 5.41) is 16.9. The van der Waals surface area contributed by atoms with Crippen LogP contribution in [0.15, 0.2) is 48.5 Å². The van der Waals surface area contributed by atoms with E-state index in [1.54, 1.807) is 12.5 Å². The van der Waals surface area contributed by atoms with E-state index in [4.69, 9.17) is 20.0 Å². The van der Waals surface area contributed by atoms with Crippen molar-refractivity contribution < 1.29 is 9.47 Å². The van der Waals surface area contributed by atoms with Gasteiger partial charge < -0.3 is 9.47 Å². The highest BCUT2D eigenvalue weighted by molar-refractivity contribution is 5.25. The fraction of sp³-hybridized carbons (Fsp3) is 0.263. The number of nitriles is 2. The van der Waals surface area contributed by atoms with E-state index in [9.17, 15) is 0 Å². The molecule has 0 heterocycles. The molecule has 4 nitrogen and oxygen atoms in total. The van der Waals surface area contributed by atoms with E-state index in [0.29, 0.717) is 13.2 Å². The molecule has 0 aliphatic heterocycles. The second-order valence-electron chi connectivity index (χ2n) is 5.25. The van der Waals surface area contributed by atoms with E-state index in [0.717, 1.165) is 30.4 Å². The van der Waals surface area contributed by atoms with Crippen LogP contribution < -0.4 is 0 Å². The Morgan fingerprint density at radius 2 is 1.13 bits per heavy atom. The summed E-state index contributed by atoms with van der Waals surface area (Å²) in [4.78, 5) is 0. The van der Waals surface area contributed by atoms with E-state index in [1.165, 1.54) is 11.1 Å². The Kier molecular flexibility index (Phi) is 6.50. The monoisotopic (exact) mass is 306 g/mol. The van der Waals surface area contributed by atoms with Crippen LogP contribution in [0.5, 0.6) is 0 Å². The van der Waals surface area contributed by atoms with Gasteiger partial charge in [-0.25, -0.2) is 0 Å². The van der Waals surface area contributed by atoms with Crippen LogP contribution in [0.4, 0.5) is 0 Å². The number of aryl methyl sites for hydroxylation is 2. The fourth-order valence-electron chi connectivity index (χ4n) is 2.48. The van der Waals surface area contributed by atoms with E-state index >= 15 is 0 Å². The lowest BCUT2D eigenvalue weighted by Gasteiger charge is -2.06. The van der Waals surface area contributed by atoms with Gasteiger partial charge in [0.2, 0.25) is 0 Å². The predicted octanol–water partition coefficient (Wildman–Crippen LogP) is 3.86. The van der Waals surface area contributed by atoms with Gasteiger partial charge in [0.05, 0.1) is 0 Å². The first-order valence-corrected chi connectivity index (χ1v) is 7.49. The molecular formula is C19H18N2O2. The van der Waals surface area contributed by atoms with Gasteiger partial charge in [-0.1, -0.05) is 48.5 Å². The molecule has 0 amide bonds. The van der Waals surface area contributed by atoms with Crippen LogP contribution in [0.2, 0.25) is 0 Å². The van der Waals surface area contributed by atoms with Gasteiger partial charge >= 0.3 is 0 Å². The summed E-state index contributed by atoms with van der Waals surface area (Å²) >= 11 is 0. The van der Waals surface area contributed by atoms with Crippen molar-refractivity contribution >= 4 is 0 Å². The normalized spacial score (nSPS) is 9.65. The molecule has 4 heteroatoms. The zero-order valence-corrected chi connectivity index (χ0v) is 12.9. The lowest BCUT2D eigenvalue weighted by atomic mass is 10.0. The maximum atomic E-state index is 8.44. The summed E-state index contributed by atoms with van der Waals surface area (Å²) in [6.07, 6.45) is 6.36. The van der Waals surface area contributed by atoms with Crippen molar-refractivity contribution in [1.82, 2.24) is 0 Å². The molecular weight excluding hydrogens is 288 g/mol. The van der Waals surface area contributed by atoms with Crippen molar-refractivity contribution in [1.29, 1.82) is 10.5 Å². The minimum absolute atomic E-state index is 0.325. The quantitative estimate of drug-likeness (QED) is 0.695. The van der Waals surface area contributed by atoms with Gasteiger partial charge in [0.1, 0.15) is 13.2 Å². The SMILES string of the molecule is N#COCc1cccc(CCCc2cccc(COC#N)c2)c1. The molecule has 0 bridgehead atoms. The number of ether oxygens (including phenoxy) is 2. The molecule has 0 saturated carbocycles. The molecule has 2 rings (SSSR count). The van der Waals surface area contributed by atoms with Crippen LogP contribution in [-0.4, -0.2) is 0 Å². The van der Waals surface area contributed by atoms with Gasteiger partial charge in [0.15, 0.2) is 0 Å². The molecule has 116 valence electrons. The summed E-state index contributed by atoms with van der Waals surface area (Å²) in [5.41, 5.74) is 4.51. The highest BCUT2D eigenvalue weighted by Gasteiger charge is 2.00. The van der Waals surface area contributed by atoms with Crippen molar-refractivity contribution in [3.05, 3.63) is 70.8 Å². The second-order valence-corrected chi connectivity index (χ2v) is 5.25. The molecule has 0 radical (unpaired) electrons. The lowest BCUT2D eigenvalue weighted by molar-refractivity contribution is 0.257. The van der Waals surface area contributed by atoms with Gasteiger partial charge in [0.25, 0.3) is 12.5 Å². The van der Waals surface area contributed by atoms with Crippen LogP contribution in [0, 0.1) is 23.0 Å². The number of nitrogens with zero attached hydrogens (tertiary/aromatic N) is 2. The summed E-state index contributed by atoms with van der Waals surface area (Å²) in [6.45, 7) is 0.649. The van der Waals surface area contributed by atoms with Crippen molar-refractivity contribution in [2.75, 3.05) is 0 Å². The Bertz CT molecular complexity index is 652. The first kappa shape index (κ1) is 16.4. The van der Waals surface area contributed by atoms with Crippen LogP contribution in [0.3, 0.4) is 0 Å². The molecule has 0 atom stereocenters. The van der Waals surface area contributed by atoms with Crippen molar-refractivity contribution in [2.45, 2.75) is 32.5 Å². The second kappa shape index (κ2) is 9.12. The summed E-state index contributed by atoms with van der Waals surface area (Å²) in [6, 6.07) is 16.2. The molecule has 0 unspecified atom stereocenters. The van der Waals surface area contributed by atoms with Crippen LogP contribution in [0.25, 0.3) is 0 Å². The Hall–Kier alpha value is -2.98. The average molecular weight is 306 g/mol. The van der Waals surface area contributed by atoms with Gasteiger partial charge in [-0.05, 0) is 41.5 Å². The number of hydrogen-bond acceptors (Lipinski definition) is 4. The molecule has 0 N–H and O–H groups in total. The van der Waals surface area contributed by atoms with Gasteiger partial charge in [0, 0.05) is 0 Å². The van der Waals surface area contributed by atoms with Crippen molar-refractivity contribution in [3.8, 4) is 12.5 Å². The average Bonchev–Trinajstić information content (AvgIpc) is 2.59. The maximum absolute atomic E-state index is 8.44. The topological polar surface area (TPSA) is 66.0 Å². The highest BCUT2D eigenvalue weighted by atomic mass is 16.5. The number of benzene rings is 2. The first-order valence-electron chi connectivity index (χ1n) is 7.49. The Morgan fingerprint density at radius 1 is 0.696 bits per heavy atom. The smallest absolute Gasteiger partial charge is 0.286 e. The molecule has 0 spiro atoms. The third-order valence-electron chi connectivity index (χ3n) is 3.52. The standard InChI is InChI=1S/C19H18N2O2/c20-14-22-12-18-8-2-6-16(10-18)4-1-5-17-7-3-9-19(11-17)13-23-15-21/h2-3,6-11H,1,4-5,12-13H2. The number of hydrogen-bond donors (Lipinski definition) is 0. The lowest BCUT2D eigenvalue weighted by Crippen LogP contribution is -1.94. The third-order valence-corrected chi connectivity index (χ3v) is 3.52. The molecule has 23 heavy (non-hydrogen) atoms. The fourth-order valence-corrected chi connectivity index (χ4v) is 2.48. The van der Waals surface area contributed by atoms with Gasteiger partial charge in [-0.15, -0.1) is 0 Å². The minimum Gasteiger partial charge on any atom is -0.423 e. The van der Waals surface area contributed by atoms with Gasteiger partial charge in [-0.3, -0.25) is 0 Å². The molecule has 0 aliphatic rings. The molecule has 0 aromatic heterocycles. The highest BCUT2D eigenvalue weighted by Crippen LogP contribution is 2.13. The van der Waals surface area contributed by atoms with Crippen LogP contribution >= 0.6 is 0 Å².